The monoisotopic (exact) mass is 371 g/mol. The second-order valence-corrected chi connectivity index (χ2v) is 5.63. The number of rotatable bonds is 10. The van der Waals surface area contributed by atoms with Crippen LogP contribution in [0.5, 0.6) is 23.0 Å². The molecule has 0 aliphatic rings. The van der Waals surface area contributed by atoms with Crippen LogP contribution in [0.1, 0.15) is 23.7 Å². The fourth-order valence-electron chi connectivity index (χ4n) is 2.40. The molecule has 0 aromatic heterocycles. The largest absolute Gasteiger partial charge is 0.494 e. The van der Waals surface area contributed by atoms with Gasteiger partial charge in [-0.05, 0) is 42.8 Å². The zero-order chi connectivity index (χ0) is 19.6. The van der Waals surface area contributed by atoms with E-state index in [0.717, 1.165) is 17.9 Å². The first kappa shape index (κ1) is 20.2. The van der Waals surface area contributed by atoms with Crippen LogP contribution in [0.2, 0.25) is 0 Å². The quantitative estimate of drug-likeness (QED) is 0.496. The standard InChI is InChI=1S/C21H25NO5/c1-5-12-27-17-8-6-16(7-9-17)22-11-10-18(23)15-13-19(24-2)21(26-4)20(14-15)25-3/h6-11,13-14,22H,5,12H2,1-4H3/b11-10-. The number of nitrogens with one attached hydrogen (secondary N) is 1. The zero-order valence-electron chi connectivity index (χ0n) is 16.1. The molecule has 0 spiro atoms. The maximum absolute atomic E-state index is 12.4. The highest BCUT2D eigenvalue weighted by molar-refractivity contribution is 6.05. The summed E-state index contributed by atoms with van der Waals surface area (Å²) in [6, 6.07) is 10.8. The van der Waals surface area contributed by atoms with Crippen molar-refractivity contribution in [3.05, 3.63) is 54.2 Å². The Morgan fingerprint density at radius 3 is 2.15 bits per heavy atom. The first-order chi connectivity index (χ1) is 13.1. The number of allylic oxidation sites excluding steroid dienone is 1. The van der Waals surface area contributed by atoms with Crippen molar-refractivity contribution in [2.45, 2.75) is 13.3 Å². The van der Waals surface area contributed by atoms with Gasteiger partial charge in [0.15, 0.2) is 17.3 Å². The van der Waals surface area contributed by atoms with Crippen molar-refractivity contribution >= 4 is 11.5 Å². The van der Waals surface area contributed by atoms with E-state index < -0.39 is 0 Å². The summed E-state index contributed by atoms with van der Waals surface area (Å²) in [5.74, 6) is 1.95. The van der Waals surface area contributed by atoms with Crippen molar-refractivity contribution in [2.75, 3.05) is 33.3 Å². The van der Waals surface area contributed by atoms with Gasteiger partial charge in [0, 0.05) is 23.5 Å². The predicted molar refractivity (Wildman–Crippen MR) is 105 cm³/mol. The molecule has 0 atom stereocenters. The molecule has 6 nitrogen and oxygen atoms in total. The van der Waals surface area contributed by atoms with Crippen molar-refractivity contribution in [3.8, 4) is 23.0 Å². The molecule has 0 unspecified atom stereocenters. The molecule has 0 amide bonds. The van der Waals surface area contributed by atoms with E-state index in [4.69, 9.17) is 18.9 Å². The van der Waals surface area contributed by atoms with E-state index in [2.05, 4.69) is 12.2 Å². The normalized spacial score (nSPS) is 10.5. The second kappa shape index (κ2) is 10.1. The van der Waals surface area contributed by atoms with Crippen molar-refractivity contribution in [3.63, 3.8) is 0 Å². The Bertz CT molecular complexity index is 759. The molecule has 0 aliphatic heterocycles. The van der Waals surface area contributed by atoms with Crippen molar-refractivity contribution in [2.24, 2.45) is 0 Å². The van der Waals surface area contributed by atoms with Crippen LogP contribution >= 0.6 is 0 Å². The first-order valence-corrected chi connectivity index (χ1v) is 8.63. The summed E-state index contributed by atoms with van der Waals surface area (Å²) in [5.41, 5.74) is 1.29. The number of hydrogen-bond donors (Lipinski definition) is 1. The molecule has 0 aliphatic carbocycles. The zero-order valence-corrected chi connectivity index (χ0v) is 16.1. The smallest absolute Gasteiger partial charge is 0.203 e. The molecule has 0 fully saturated rings. The summed E-state index contributed by atoms with van der Waals surface area (Å²) >= 11 is 0. The molecular weight excluding hydrogens is 346 g/mol. The molecule has 1 N–H and O–H groups in total. The van der Waals surface area contributed by atoms with Gasteiger partial charge in [0.2, 0.25) is 5.75 Å². The van der Waals surface area contributed by atoms with Crippen LogP contribution < -0.4 is 24.3 Å². The number of ketones is 1. The Kier molecular flexibility index (Phi) is 7.55. The highest BCUT2D eigenvalue weighted by atomic mass is 16.5. The highest BCUT2D eigenvalue weighted by Crippen LogP contribution is 2.38. The van der Waals surface area contributed by atoms with Gasteiger partial charge in [-0.15, -0.1) is 0 Å². The Hall–Kier alpha value is -3.15. The van der Waals surface area contributed by atoms with Crippen LogP contribution in [-0.2, 0) is 0 Å². The van der Waals surface area contributed by atoms with E-state index >= 15 is 0 Å². The van der Waals surface area contributed by atoms with Crippen molar-refractivity contribution in [1.82, 2.24) is 0 Å². The van der Waals surface area contributed by atoms with E-state index in [9.17, 15) is 4.79 Å². The van der Waals surface area contributed by atoms with Crippen LogP contribution in [-0.4, -0.2) is 33.7 Å². The van der Waals surface area contributed by atoms with Crippen LogP contribution in [0, 0.1) is 0 Å². The molecule has 2 aromatic rings. The molecule has 0 radical (unpaired) electrons. The van der Waals surface area contributed by atoms with Gasteiger partial charge in [-0.1, -0.05) is 6.92 Å². The van der Waals surface area contributed by atoms with E-state index in [1.807, 2.05) is 24.3 Å². The third-order valence-corrected chi connectivity index (χ3v) is 3.76. The molecule has 0 saturated heterocycles. The molecule has 0 heterocycles. The van der Waals surface area contributed by atoms with Crippen LogP contribution in [0.15, 0.2) is 48.7 Å². The third-order valence-electron chi connectivity index (χ3n) is 3.76. The van der Waals surface area contributed by atoms with Gasteiger partial charge in [-0.3, -0.25) is 4.79 Å². The molecule has 0 bridgehead atoms. The van der Waals surface area contributed by atoms with Gasteiger partial charge in [0.1, 0.15) is 5.75 Å². The minimum absolute atomic E-state index is 0.190. The lowest BCUT2D eigenvalue weighted by atomic mass is 10.1. The Morgan fingerprint density at radius 1 is 1.00 bits per heavy atom. The molecule has 27 heavy (non-hydrogen) atoms. The number of anilines is 1. The average Bonchev–Trinajstić information content (AvgIpc) is 2.71. The molecule has 6 heteroatoms. The summed E-state index contributed by atoms with van der Waals surface area (Å²) in [5, 5.41) is 3.06. The summed E-state index contributed by atoms with van der Waals surface area (Å²) in [7, 11) is 4.54. The third kappa shape index (κ3) is 5.41. The van der Waals surface area contributed by atoms with Gasteiger partial charge >= 0.3 is 0 Å². The van der Waals surface area contributed by atoms with Crippen LogP contribution in [0.4, 0.5) is 5.69 Å². The number of carbonyl (C=O) groups is 1. The topological polar surface area (TPSA) is 66.0 Å². The minimum atomic E-state index is -0.190. The van der Waals surface area contributed by atoms with Crippen LogP contribution in [0.25, 0.3) is 0 Å². The maximum Gasteiger partial charge on any atom is 0.203 e. The van der Waals surface area contributed by atoms with E-state index in [0.29, 0.717) is 29.4 Å². The van der Waals surface area contributed by atoms with E-state index in [-0.39, 0.29) is 5.78 Å². The summed E-state index contributed by atoms with van der Waals surface area (Å²) < 4.78 is 21.4. The lowest BCUT2D eigenvalue weighted by Crippen LogP contribution is -2.01. The number of carbonyl (C=O) groups excluding carboxylic acids is 1. The summed E-state index contributed by atoms with van der Waals surface area (Å²) in [4.78, 5) is 12.4. The van der Waals surface area contributed by atoms with E-state index in [1.165, 1.54) is 27.4 Å². The number of methoxy groups -OCH3 is 3. The van der Waals surface area contributed by atoms with Crippen molar-refractivity contribution in [1.29, 1.82) is 0 Å². The number of hydrogen-bond acceptors (Lipinski definition) is 6. The molecule has 2 rings (SSSR count). The molecule has 2 aromatic carbocycles. The van der Waals surface area contributed by atoms with E-state index in [1.54, 1.807) is 18.3 Å². The lowest BCUT2D eigenvalue weighted by Gasteiger charge is -2.13. The Morgan fingerprint density at radius 2 is 1.63 bits per heavy atom. The summed E-state index contributed by atoms with van der Waals surface area (Å²) in [6.45, 7) is 2.75. The van der Waals surface area contributed by atoms with Crippen molar-refractivity contribution < 1.29 is 23.7 Å². The summed E-state index contributed by atoms with van der Waals surface area (Å²) in [6.07, 6.45) is 4.00. The van der Waals surface area contributed by atoms with Gasteiger partial charge in [-0.2, -0.15) is 0 Å². The Labute approximate surface area is 159 Å². The molecule has 144 valence electrons. The predicted octanol–water partition coefficient (Wildman–Crippen LogP) is 4.31. The SMILES string of the molecule is CCCOc1ccc(N/C=C\C(=O)c2cc(OC)c(OC)c(OC)c2)cc1. The maximum atomic E-state index is 12.4. The number of benzene rings is 2. The second-order valence-electron chi connectivity index (χ2n) is 5.63. The molecule has 0 saturated carbocycles. The number of ether oxygens (including phenoxy) is 4. The fourth-order valence-corrected chi connectivity index (χ4v) is 2.40. The fraction of sp³-hybridized carbons (Fsp3) is 0.286. The van der Waals surface area contributed by atoms with Gasteiger partial charge < -0.3 is 24.3 Å². The average molecular weight is 371 g/mol. The van der Waals surface area contributed by atoms with Gasteiger partial charge in [0.25, 0.3) is 0 Å². The minimum Gasteiger partial charge on any atom is -0.494 e. The van der Waals surface area contributed by atoms with Gasteiger partial charge in [0.05, 0.1) is 27.9 Å². The van der Waals surface area contributed by atoms with Gasteiger partial charge in [-0.25, -0.2) is 0 Å². The van der Waals surface area contributed by atoms with Crippen LogP contribution in [0.3, 0.4) is 0 Å². The molecular formula is C21H25NO5. The first-order valence-electron chi connectivity index (χ1n) is 8.63. The Balaban J connectivity index is 2.06. The lowest BCUT2D eigenvalue weighted by molar-refractivity contribution is 0.104. The highest BCUT2D eigenvalue weighted by Gasteiger charge is 2.15.